The molecule has 2 rings (SSSR count). The minimum Gasteiger partial charge on any atom is -0.491 e. The van der Waals surface area contributed by atoms with E-state index in [1.54, 1.807) is 41.1 Å². The zero-order valence-corrected chi connectivity index (χ0v) is 12.7. The van der Waals surface area contributed by atoms with Crippen molar-refractivity contribution in [3.63, 3.8) is 0 Å². The molecule has 0 radical (unpaired) electrons. The number of pyridine rings is 1. The molecule has 0 amide bonds. The Hall–Kier alpha value is -2.28. The summed E-state index contributed by atoms with van der Waals surface area (Å²) in [6.07, 6.45) is 1.69. The lowest BCUT2D eigenvalue weighted by atomic mass is 10.2. The number of aromatic nitrogens is 1. The van der Waals surface area contributed by atoms with Gasteiger partial charge in [0, 0.05) is 16.7 Å². The van der Waals surface area contributed by atoms with Gasteiger partial charge in [-0.05, 0) is 24.3 Å². The van der Waals surface area contributed by atoms with Crippen molar-refractivity contribution in [3.8, 4) is 5.75 Å². The minimum atomic E-state index is -0.0893. The molecular weight excluding hydrogens is 338 g/mol. The van der Waals surface area contributed by atoms with Gasteiger partial charge in [-0.15, -0.1) is 0 Å². The average Bonchev–Trinajstić information content (AvgIpc) is 2.49. The Balaban J connectivity index is 2.10. The van der Waals surface area contributed by atoms with Gasteiger partial charge in [-0.2, -0.15) is 0 Å². The van der Waals surface area contributed by atoms with Crippen LogP contribution in [0.1, 0.15) is 5.56 Å². The van der Waals surface area contributed by atoms with E-state index in [2.05, 4.69) is 21.1 Å². The molecule has 7 heteroatoms. The fourth-order valence-electron chi connectivity index (χ4n) is 1.78. The molecule has 21 heavy (non-hydrogen) atoms. The first-order valence-corrected chi connectivity index (χ1v) is 6.97. The molecule has 0 fully saturated rings. The number of oxime groups is 1. The number of hydrogen-bond donors (Lipinski definition) is 2. The largest absolute Gasteiger partial charge is 0.491 e. The van der Waals surface area contributed by atoms with Crippen molar-refractivity contribution in [2.24, 2.45) is 10.9 Å². The van der Waals surface area contributed by atoms with E-state index in [4.69, 9.17) is 15.7 Å². The van der Waals surface area contributed by atoms with Crippen LogP contribution < -0.4 is 16.0 Å². The van der Waals surface area contributed by atoms with Gasteiger partial charge in [-0.3, -0.25) is 4.79 Å². The van der Waals surface area contributed by atoms with Crippen LogP contribution in [0, 0.1) is 0 Å². The molecule has 0 aliphatic carbocycles. The number of nitrogens with two attached hydrogens (primary N) is 1. The summed E-state index contributed by atoms with van der Waals surface area (Å²) in [6.45, 7) is 0.697. The highest BCUT2D eigenvalue weighted by Gasteiger charge is 2.09. The Kier molecular flexibility index (Phi) is 4.99. The summed E-state index contributed by atoms with van der Waals surface area (Å²) < 4.78 is 7.95. The fourth-order valence-corrected chi connectivity index (χ4v) is 2.14. The smallest absolute Gasteiger partial charge is 0.250 e. The van der Waals surface area contributed by atoms with Gasteiger partial charge in [-0.25, -0.2) is 0 Å². The van der Waals surface area contributed by atoms with Crippen molar-refractivity contribution in [2.75, 3.05) is 6.61 Å². The van der Waals surface area contributed by atoms with Crippen LogP contribution in [-0.2, 0) is 6.54 Å². The number of halogens is 1. The van der Waals surface area contributed by atoms with Crippen LogP contribution in [-0.4, -0.2) is 22.2 Å². The molecule has 0 aliphatic heterocycles. The van der Waals surface area contributed by atoms with Gasteiger partial charge in [0.2, 0.25) is 0 Å². The van der Waals surface area contributed by atoms with Crippen LogP contribution >= 0.6 is 15.9 Å². The standard InChI is InChI=1S/C14H14BrN3O3/c15-10-4-5-12(11(9-10)14(16)17-20)21-8-7-18-6-2-1-3-13(18)19/h1-6,9,20H,7-8H2,(H2,16,17). The molecule has 0 saturated carbocycles. The lowest BCUT2D eigenvalue weighted by molar-refractivity contribution is 0.294. The Morgan fingerprint density at radius 1 is 1.38 bits per heavy atom. The first-order chi connectivity index (χ1) is 10.1. The minimum absolute atomic E-state index is 0.0387. The zero-order chi connectivity index (χ0) is 15.2. The van der Waals surface area contributed by atoms with Crippen molar-refractivity contribution < 1.29 is 9.94 Å². The van der Waals surface area contributed by atoms with Crippen LogP contribution in [0.4, 0.5) is 0 Å². The molecule has 0 bridgehead atoms. The van der Waals surface area contributed by atoms with Crippen LogP contribution in [0.5, 0.6) is 5.75 Å². The van der Waals surface area contributed by atoms with Crippen molar-refractivity contribution >= 4 is 21.8 Å². The lowest BCUT2D eigenvalue weighted by Gasteiger charge is -2.12. The fraction of sp³-hybridized carbons (Fsp3) is 0.143. The molecule has 3 N–H and O–H groups in total. The van der Waals surface area contributed by atoms with Crippen molar-refractivity contribution in [2.45, 2.75) is 6.54 Å². The highest BCUT2D eigenvalue weighted by atomic mass is 79.9. The molecule has 0 spiro atoms. The Morgan fingerprint density at radius 3 is 2.90 bits per heavy atom. The molecule has 1 aromatic carbocycles. The first-order valence-electron chi connectivity index (χ1n) is 6.17. The summed E-state index contributed by atoms with van der Waals surface area (Å²) in [7, 11) is 0. The second kappa shape index (κ2) is 6.94. The quantitative estimate of drug-likeness (QED) is 0.372. The van der Waals surface area contributed by atoms with E-state index in [1.807, 2.05) is 0 Å². The monoisotopic (exact) mass is 351 g/mol. The number of nitrogens with zero attached hydrogens (tertiary/aromatic N) is 2. The predicted octanol–water partition coefficient (Wildman–Crippen LogP) is 1.78. The van der Waals surface area contributed by atoms with Crippen LogP contribution in [0.3, 0.4) is 0 Å². The number of amidine groups is 1. The maximum absolute atomic E-state index is 11.6. The van der Waals surface area contributed by atoms with Crippen molar-refractivity contribution in [3.05, 3.63) is 63.0 Å². The molecule has 0 unspecified atom stereocenters. The van der Waals surface area contributed by atoms with E-state index in [-0.39, 0.29) is 18.0 Å². The van der Waals surface area contributed by atoms with Crippen molar-refractivity contribution in [1.29, 1.82) is 0 Å². The third-order valence-electron chi connectivity index (χ3n) is 2.81. The third kappa shape index (κ3) is 3.85. The molecule has 6 nitrogen and oxygen atoms in total. The Bertz CT molecular complexity index is 713. The SMILES string of the molecule is N/C(=N/O)c1cc(Br)ccc1OCCn1ccccc1=O. The summed E-state index contributed by atoms with van der Waals surface area (Å²) in [5.41, 5.74) is 6.00. The summed E-state index contributed by atoms with van der Waals surface area (Å²) in [4.78, 5) is 11.6. The number of ether oxygens (including phenoxy) is 1. The molecule has 110 valence electrons. The second-order valence-electron chi connectivity index (χ2n) is 4.21. The predicted molar refractivity (Wildman–Crippen MR) is 82.8 cm³/mol. The van der Waals surface area contributed by atoms with Gasteiger partial charge in [0.25, 0.3) is 5.56 Å². The second-order valence-corrected chi connectivity index (χ2v) is 5.12. The summed E-state index contributed by atoms with van der Waals surface area (Å²) in [5, 5.41) is 11.8. The highest BCUT2D eigenvalue weighted by molar-refractivity contribution is 9.10. The van der Waals surface area contributed by atoms with E-state index in [9.17, 15) is 4.79 Å². The molecule has 2 aromatic rings. The van der Waals surface area contributed by atoms with Gasteiger partial charge in [0.05, 0.1) is 12.1 Å². The third-order valence-corrected chi connectivity index (χ3v) is 3.31. The topological polar surface area (TPSA) is 89.8 Å². The van der Waals surface area contributed by atoms with Gasteiger partial charge in [0.15, 0.2) is 5.84 Å². The molecule has 1 heterocycles. The summed E-state index contributed by atoms with van der Waals surface area (Å²) in [6, 6.07) is 10.2. The van der Waals surface area contributed by atoms with Gasteiger partial charge in [-0.1, -0.05) is 27.2 Å². The lowest BCUT2D eigenvalue weighted by Crippen LogP contribution is -2.22. The Morgan fingerprint density at radius 2 is 2.19 bits per heavy atom. The van der Waals surface area contributed by atoms with Crippen LogP contribution in [0.25, 0.3) is 0 Å². The molecule has 1 aromatic heterocycles. The maximum Gasteiger partial charge on any atom is 0.250 e. The van der Waals surface area contributed by atoms with E-state index in [0.717, 1.165) is 4.47 Å². The number of hydrogen-bond acceptors (Lipinski definition) is 4. The molecule has 0 aliphatic rings. The molecular formula is C14H14BrN3O3. The zero-order valence-electron chi connectivity index (χ0n) is 11.1. The number of rotatable bonds is 5. The van der Waals surface area contributed by atoms with Crippen LogP contribution in [0.15, 0.2) is 57.0 Å². The summed E-state index contributed by atoms with van der Waals surface area (Å²) in [5.74, 6) is 0.445. The summed E-state index contributed by atoms with van der Waals surface area (Å²) >= 11 is 3.32. The van der Waals surface area contributed by atoms with Crippen LogP contribution in [0.2, 0.25) is 0 Å². The van der Waals surface area contributed by atoms with Gasteiger partial charge < -0.3 is 20.2 Å². The average molecular weight is 352 g/mol. The normalized spacial score (nSPS) is 11.4. The highest BCUT2D eigenvalue weighted by Crippen LogP contribution is 2.23. The van der Waals surface area contributed by atoms with Gasteiger partial charge in [0.1, 0.15) is 12.4 Å². The maximum atomic E-state index is 11.6. The van der Waals surface area contributed by atoms with E-state index in [0.29, 0.717) is 17.9 Å². The van der Waals surface area contributed by atoms with Crippen molar-refractivity contribution in [1.82, 2.24) is 4.57 Å². The molecule has 0 atom stereocenters. The first kappa shape index (κ1) is 15.1. The van der Waals surface area contributed by atoms with Gasteiger partial charge >= 0.3 is 0 Å². The molecule has 0 saturated heterocycles. The Labute approximate surface area is 129 Å². The number of benzene rings is 1. The van der Waals surface area contributed by atoms with E-state index >= 15 is 0 Å². The van der Waals surface area contributed by atoms with E-state index < -0.39 is 0 Å². The van der Waals surface area contributed by atoms with E-state index in [1.165, 1.54) is 6.07 Å².